The highest BCUT2D eigenvalue weighted by Crippen LogP contribution is 2.43. The van der Waals surface area contributed by atoms with Crippen molar-refractivity contribution in [2.24, 2.45) is 0 Å². The number of fused-ring (bicyclic) bond motifs is 3. The molecule has 0 aliphatic carbocycles. The molecule has 4 heterocycles. The molecule has 1 aliphatic rings. The number of carbonyl (C=O) groups is 1. The van der Waals surface area contributed by atoms with Crippen LogP contribution >= 0.6 is 11.3 Å². The molecule has 0 N–H and O–H groups in total. The minimum absolute atomic E-state index is 0.0507. The number of para-hydroxylation sites is 1. The van der Waals surface area contributed by atoms with Crippen LogP contribution in [0.3, 0.4) is 0 Å². The SMILES string of the molecule is Cc1ccc2nc(N3C(=O)c4oc5ccccc5c(=O)c4[C@@H]3c3ccccn3)sc2c1. The zero-order chi connectivity index (χ0) is 21.1. The quantitative estimate of drug-likeness (QED) is 0.404. The van der Waals surface area contributed by atoms with Gasteiger partial charge in [0.1, 0.15) is 11.6 Å². The van der Waals surface area contributed by atoms with E-state index in [1.807, 2.05) is 37.3 Å². The van der Waals surface area contributed by atoms with Gasteiger partial charge in [-0.1, -0.05) is 35.6 Å². The van der Waals surface area contributed by atoms with Crippen molar-refractivity contribution < 1.29 is 9.21 Å². The first-order chi connectivity index (χ1) is 15.1. The number of aromatic nitrogens is 2. The predicted octanol–water partition coefficient (Wildman–Crippen LogP) is 4.86. The first-order valence-corrected chi connectivity index (χ1v) is 10.6. The lowest BCUT2D eigenvalue weighted by Crippen LogP contribution is -2.29. The van der Waals surface area contributed by atoms with Crippen molar-refractivity contribution >= 4 is 43.6 Å². The molecule has 1 atom stereocenters. The van der Waals surface area contributed by atoms with Crippen molar-refractivity contribution in [2.75, 3.05) is 4.90 Å². The summed E-state index contributed by atoms with van der Waals surface area (Å²) in [5.41, 5.74) is 2.98. The highest BCUT2D eigenvalue weighted by molar-refractivity contribution is 7.22. The number of aryl methyl sites for hydroxylation is 1. The summed E-state index contributed by atoms with van der Waals surface area (Å²) in [6.07, 6.45) is 1.65. The van der Waals surface area contributed by atoms with Crippen LogP contribution in [0.2, 0.25) is 0 Å². The standard InChI is InChI=1S/C24H15N3O3S/c1-13-9-10-15-18(12-13)31-24(26-15)27-20(16-7-4-5-11-25-16)19-21(28)14-6-2-3-8-17(14)30-22(19)23(27)29/h2-12,20H,1H3/t20-/m0/s1. The number of nitrogens with zero attached hydrogens (tertiary/aromatic N) is 3. The molecule has 0 spiro atoms. The molecular formula is C24H15N3O3S. The summed E-state index contributed by atoms with van der Waals surface area (Å²) < 4.78 is 6.93. The maximum absolute atomic E-state index is 13.6. The van der Waals surface area contributed by atoms with E-state index in [9.17, 15) is 9.59 Å². The second-order valence-electron chi connectivity index (χ2n) is 7.47. The Morgan fingerprint density at radius 3 is 2.71 bits per heavy atom. The van der Waals surface area contributed by atoms with E-state index in [2.05, 4.69) is 4.98 Å². The molecule has 1 amide bonds. The van der Waals surface area contributed by atoms with Crippen LogP contribution in [0.25, 0.3) is 21.2 Å². The van der Waals surface area contributed by atoms with E-state index in [1.54, 1.807) is 36.5 Å². The number of hydrogen-bond donors (Lipinski definition) is 0. The molecule has 7 heteroatoms. The Kier molecular flexibility index (Phi) is 3.82. The Hall–Kier alpha value is -3.84. The normalized spacial score (nSPS) is 15.7. The van der Waals surface area contributed by atoms with Gasteiger partial charge in [-0.05, 0) is 48.9 Å². The summed E-state index contributed by atoms with van der Waals surface area (Å²) in [5.74, 6) is -0.334. The van der Waals surface area contributed by atoms with Gasteiger partial charge in [0.2, 0.25) is 5.76 Å². The van der Waals surface area contributed by atoms with E-state index in [1.165, 1.54) is 16.2 Å². The van der Waals surface area contributed by atoms with Gasteiger partial charge in [0, 0.05) is 6.20 Å². The van der Waals surface area contributed by atoms with Crippen LogP contribution in [0.15, 0.2) is 76.1 Å². The molecule has 0 saturated carbocycles. The Bertz CT molecular complexity index is 1560. The van der Waals surface area contributed by atoms with Gasteiger partial charge < -0.3 is 4.42 Å². The molecule has 0 bridgehead atoms. The van der Waals surface area contributed by atoms with E-state index >= 15 is 0 Å². The summed E-state index contributed by atoms with van der Waals surface area (Å²) in [6, 6.07) is 17.7. The summed E-state index contributed by atoms with van der Waals surface area (Å²) in [4.78, 5) is 37.7. The molecular weight excluding hydrogens is 410 g/mol. The van der Waals surface area contributed by atoms with E-state index in [4.69, 9.17) is 9.40 Å². The van der Waals surface area contributed by atoms with Crippen LogP contribution in [0.5, 0.6) is 0 Å². The first kappa shape index (κ1) is 18.0. The Labute approximate surface area is 180 Å². The number of benzene rings is 2. The number of anilines is 1. The maximum Gasteiger partial charge on any atom is 0.297 e. The highest BCUT2D eigenvalue weighted by atomic mass is 32.1. The number of pyridine rings is 1. The number of hydrogen-bond acceptors (Lipinski definition) is 6. The molecule has 6 rings (SSSR count). The van der Waals surface area contributed by atoms with Gasteiger partial charge >= 0.3 is 0 Å². The molecule has 5 aromatic rings. The van der Waals surface area contributed by atoms with Crippen molar-refractivity contribution in [3.05, 3.63) is 99.7 Å². The van der Waals surface area contributed by atoms with Crippen molar-refractivity contribution in [1.29, 1.82) is 0 Å². The molecule has 0 saturated heterocycles. The van der Waals surface area contributed by atoms with Crippen LogP contribution < -0.4 is 10.3 Å². The fourth-order valence-corrected chi connectivity index (χ4v) is 5.15. The third-order valence-electron chi connectivity index (χ3n) is 5.48. The lowest BCUT2D eigenvalue weighted by Gasteiger charge is -2.21. The van der Waals surface area contributed by atoms with E-state index < -0.39 is 6.04 Å². The molecule has 0 fully saturated rings. The minimum Gasteiger partial charge on any atom is -0.450 e. The van der Waals surface area contributed by atoms with Gasteiger partial charge in [0.05, 0.1) is 26.9 Å². The van der Waals surface area contributed by atoms with Crippen LogP contribution in [0.4, 0.5) is 5.13 Å². The van der Waals surface area contributed by atoms with Gasteiger partial charge in [-0.2, -0.15) is 0 Å². The number of amides is 1. The molecule has 0 radical (unpaired) electrons. The van der Waals surface area contributed by atoms with Gasteiger partial charge in [-0.25, -0.2) is 4.98 Å². The topological polar surface area (TPSA) is 76.3 Å². The number of rotatable bonds is 2. The van der Waals surface area contributed by atoms with Crippen molar-refractivity contribution in [2.45, 2.75) is 13.0 Å². The lowest BCUT2D eigenvalue weighted by molar-refractivity contribution is 0.0970. The molecule has 0 unspecified atom stereocenters. The second kappa shape index (κ2) is 6.58. The van der Waals surface area contributed by atoms with Gasteiger partial charge in [-0.3, -0.25) is 19.5 Å². The van der Waals surface area contributed by atoms with Crippen molar-refractivity contribution in [1.82, 2.24) is 9.97 Å². The monoisotopic (exact) mass is 425 g/mol. The van der Waals surface area contributed by atoms with Gasteiger partial charge in [0.15, 0.2) is 10.6 Å². The maximum atomic E-state index is 13.6. The summed E-state index contributed by atoms with van der Waals surface area (Å²) in [7, 11) is 0. The van der Waals surface area contributed by atoms with Crippen molar-refractivity contribution in [3.63, 3.8) is 0 Å². The summed E-state index contributed by atoms with van der Waals surface area (Å²) in [5, 5.41) is 0.952. The highest BCUT2D eigenvalue weighted by Gasteiger charge is 2.45. The molecule has 150 valence electrons. The van der Waals surface area contributed by atoms with Gasteiger partial charge in [-0.15, -0.1) is 0 Å². The predicted molar refractivity (Wildman–Crippen MR) is 120 cm³/mol. The fraction of sp³-hybridized carbons (Fsp3) is 0.0833. The molecule has 1 aliphatic heterocycles. The first-order valence-electron chi connectivity index (χ1n) is 9.79. The molecule has 2 aromatic carbocycles. The number of thiazole rings is 1. The molecule has 3 aromatic heterocycles. The van der Waals surface area contributed by atoms with E-state index in [-0.39, 0.29) is 17.1 Å². The third-order valence-corrected chi connectivity index (χ3v) is 6.50. The van der Waals surface area contributed by atoms with Gasteiger partial charge in [0.25, 0.3) is 5.91 Å². The second-order valence-corrected chi connectivity index (χ2v) is 8.48. The van der Waals surface area contributed by atoms with Crippen LogP contribution in [-0.4, -0.2) is 15.9 Å². The fourth-order valence-electron chi connectivity index (χ4n) is 4.06. The summed E-state index contributed by atoms with van der Waals surface area (Å²) in [6.45, 7) is 2.01. The lowest BCUT2D eigenvalue weighted by atomic mass is 10.0. The Morgan fingerprint density at radius 2 is 1.87 bits per heavy atom. The smallest absolute Gasteiger partial charge is 0.297 e. The average Bonchev–Trinajstić information content (AvgIpc) is 3.33. The number of carbonyl (C=O) groups excluding carboxylic acids is 1. The minimum atomic E-state index is -0.703. The van der Waals surface area contributed by atoms with Crippen LogP contribution in [-0.2, 0) is 0 Å². The van der Waals surface area contributed by atoms with Crippen LogP contribution in [0.1, 0.15) is 33.4 Å². The van der Waals surface area contributed by atoms with E-state index in [0.717, 1.165) is 15.8 Å². The van der Waals surface area contributed by atoms with Crippen LogP contribution in [0, 0.1) is 6.92 Å². The zero-order valence-corrected chi connectivity index (χ0v) is 17.2. The summed E-state index contributed by atoms with van der Waals surface area (Å²) >= 11 is 1.41. The molecule has 6 nitrogen and oxygen atoms in total. The zero-order valence-electron chi connectivity index (χ0n) is 16.4. The Morgan fingerprint density at radius 1 is 1.03 bits per heavy atom. The largest absolute Gasteiger partial charge is 0.450 e. The third kappa shape index (κ3) is 2.63. The van der Waals surface area contributed by atoms with Crippen molar-refractivity contribution in [3.8, 4) is 0 Å². The molecule has 31 heavy (non-hydrogen) atoms. The Balaban J connectivity index is 1.64. The average molecular weight is 425 g/mol. The van der Waals surface area contributed by atoms with E-state index in [0.29, 0.717) is 27.4 Å².